The van der Waals surface area contributed by atoms with Gasteiger partial charge in [-0.25, -0.2) is 0 Å². The fourth-order valence-electron chi connectivity index (χ4n) is 5.01. The number of rotatable bonds is 8. The Morgan fingerprint density at radius 1 is 0.773 bits per heavy atom. The van der Waals surface area contributed by atoms with E-state index in [1.807, 2.05) is 0 Å². The molecule has 3 aromatic rings. The lowest BCUT2D eigenvalue weighted by molar-refractivity contribution is -0.358. The van der Waals surface area contributed by atoms with E-state index in [0.29, 0.717) is 11.3 Å². The monoisotopic (exact) mass is 624 g/mol. The van der Waals surface area contributed by atoms with Crippen LogP contribution in [0.1, 0.15) is 0 Å². The standard InChI is InChI=1S/C28H32O16/c1-39-11-4-2-10(3-5-11)13-6-12(31)18-14(40-13)7-15(19(32)22(18)35)41-28-26(24(37)21(34)17(9-30)43-28)44-27-25(38)23(36)20(33)16(8-29)42-27/h2-7,16-17,20-21,23-30,32-38H,8-9H2,1H3/t16-,17-,20-,21-,23+,24+,25+,26-,27-,28-/m1/s1. The molecule has 0 radical (unpaired) electrons. The van der Waals surface area contributed by atoms with Crippen LogP contribution in [0.25, 0.3) is 22.3 Å². The van der Waals surface area contributed by atoms with Crippen LogP contribution in [-0.4, -0.2) is 128 Å². The van der Waals surface area contributed by atoms with Crippen LogP contribution in [0, 0.1) is 0 Å². The number of hydrogen-bond donors (Lipinski definition) is 9. The molecule has 2 aliphatic heterocycles. The van der Waals surface area contributed by atoms with Crippen LogP contribution in [0.3, 0.4) is 0 Å². The minimum absolute atomic E-state index is 0.0952. The highest BCUT2D eigenvalue weighted by atomic mass is 16.8. The van der Waals surface area contributed by atoms with Gasteiger partial charge in [-0.3, -0.25) is 4.79 Å². The van der Waals surface area contributed by atoms with Crippen LogP contribution in [-0.2, 0) is 14.2 Å². The Morgan fingerprint density at radius 2 is 1.39 bits per heavy atom. The molecule has 3 heterocycles. The van der Waals surface area contributed by atoms with Crippen molar-refractivity contribution in [2.24, 2.45) is 0 Å². The first-order valence-corrected chi connectivity index (χ1v) is 13.4. The predicted octanol–water partition coefficient (Wildman–Crippen LogP) is -2.12. The number of aliphatic hydroxyl groups excluding tert-OH is 7. The lowest BCUT2D eigenvalue weighted by Gasteiger charge is -2.45. The Hall–Kier alpha value is -3.55. The fraction of sp³-hybridized carbons (Fsp3) is 0.464. The highest BCUT2D eigenvalue weighted by Crippen LogP contribution is 2.43. The largest absolute Gasteiger partial charge is 0.504 e. The summed E-state index contributed by atoms with van der Waals surface area (Å²) in [6.45, 7) is -1.59. The van der Waals surface area contributed by atoms with Gasteiger partial charge in [0.05, 0.1) is 20.3 Å². The summed E-state index contributed by atoms with van der Waals surface area (Å²) in [5.74, 6) is -1.74. The number of benzene rings is 2. The third-order valence-corrected chi connectivity index (χ3v) is 7.51. The molecule has 0 aliphatic carbocycles. The number of aromatic hydroxyl groups is 2. The molecule has 9 N–H and O–H groups in total. The molecule has 44 heavy (non-hydrogen) atoms. The van der Waals surface area contributed by atoms with E-state index < -0.39 is 97.3 Å². The smallest absolute Gasteiger partial charge is 0.229 e. The van der Waals surface area contributed by atoms with E-state index in [-0.39, 0.29) is 16.7 Å². The lowest BCUT2D eigenvalue weighted by atomic mass is 9.97. The summed E-state index contributed by atoms with van der Waals surface area (Å²) in [7, 11) is 1.49. The summed E-state index contributed by atoms with van der Waals surface area (Å²) in [5.41, 5.74) is -0.450. The molecule has 10 atom stereocenters. The molecule has 1 aromatic heterocycles. The number of fused-ring (bicyclic) bond motifs is 1. The van der Waals surface area contributed by atoms with Crippen molar-refractivity contribution in [2.75, 3.05) is 20.3 Å². The van der Waals surface area contributed by atoms with E-state index in [2.05, 4.69) is 0 Å². The molecule has 0 bridgehead atoms. The van der Waals surface area contributed by atoms with Gasteiger partial charge in [0.15, 0.2) is 29.3 Å². The molecule has 16 heteroatoms. The molecule has 16 nitrogen and oxygen atoms in total. The normalized spacial score (nSPS) is 32.5. The van der Waals surface area contributed by atoms with Gasteiger partial charge in [-0.2, -0.15) is 0 Å². The molecule has 2 aliphatic rings. The summed E-state index contributed by atoms with van der Waals surface area (Å²) in [5, 5.41) is 92.2. The molecule has 0 spiro atoms. The molecule has 240 valence electrons. The van der Waals surface area contributed by atoms with E-state index >= 15 is 0 Å². The fourth-order valence-corrected chi connectivity index (χ4v) is 5.01. The summed E-state index contributed by atoms with van der Waals surface area (Å²) in [6.07, 6.45) is -17.3. The quantitative estimate of drug-likeness (QED) is 0.121. The molecule has 0 amide bonds. The summed E-state index contributed by atoms with van der Waals surface area (Å²) in [4.78, 5) is 12.9. The number of ether oxygens (including phenoxy) is 5. The molecule has 2 saturated heterocycles. The van der Waals surface area contributed by atoms with E-state index in [0.717, 1.165) is 12.1 Å². The topological polar surface area (TPSA) is 258 Å². The van der Waals surface area contributed by atoms with Gasteiger partial charge in [0.1, 0.15) is 65.2 Å². The first-order valence-electron chi connectivity index (χ1n) is 13.4. The third-order valence-electron chi connectivity index (χ3n) is 7.51. The van der Waals surface area contributed by atoms with Crippen LogP contribution in [0.2, 0.25) is 0 Å². The zero-order valence-corrected chi connectivity index (χ0v) is 23.0. The van der Waals surface area contributed by atoms with Crippen LogP contribution >= 0.6 is 0 Å². The van der Waals surface area contributed by atoms with Crippen molar-refractivity contribution < 1.29 is 74.1 Å². The first kappa shape index (κ1) is 31.9. The summed E-state index contributed by atoms with van der Waals surface area (Å²) in [6, 6.07) is 8.68. The van der Waals surface area contributed by atoms with Crippen molar-refractivity contribution in [1.82, 2.24) is 0 Å². The average molecular weight is 625 g/mol. The molecule has 0 saturated carbocycles. The van der Waals surface area contributed by atoms with Gasteiger partial charge in [-0.1, -0.05) is 0 Å². The van der Waals surface area contributed by atoms with Crippen molar-refractivity contribution in [3.8, 4) is 34.3 Å². The minimum Gasteiger partial charge on any atom is -0.504 e. The van der Waals surface area contributed by atoms with Crippen LogP contribution < -0.4 is 14.9 Å². The van der Waals surface area contributed by atoms with Gasteiger partial charge in [0.2, 0.25) is 12.0 Å². The highest BCUT2D eigenvalue weighted by Gasteiger charge is 2.51. The van der Waals surface area contributed by atoms with Gasteiger partial charge in [0, 0.05) is 17.7 Å². The second-order valence-electron chi connectivity index (χ2n) is 10.3. The van der Waals surface area contributed by atoms with Crippen LogP contribution in [0.15, 0.2) is 45.6 Å². The van der Waals surface area contributed by atoms with E-state index in [1.54, 1.807) is 24.3 Å². The zero-order chi connectivity index (χ0) is 31.9. The van der Waals surface area contributed by atoms with Gasteiger partial charge < -0.3 is 74.1 Å². The highest BCUT2D eigenvalue weighted by molar-refractivity contribution is 5.89. The maximum absolute atomic E-state index is 12.9. The summed E-state index contributed by atoms with van der Waals surface area (Å²) >= 11 is 0. The number of aliphatic hydroxyl groups is 7. The predicted molar refractivity (Wildman–Crippen MR) is 145 cm³/mol. The minimum atomic E-state index is -1.91. The maximum atomic E-state index is 12.9. The Balaban J connectivity index is 1.50. The van der Waals surface area contributed by atoms with Crippen LogP contribution in [0.5, 0.6) is 23.0 Å². The first-order chi connectivity index (χ1) is 21.0. The molecule has 2 aromatic carbocycles. The number of phenols is 2. The average Bonchev–Trinajstić information content (AvgIpc) is 3.02. The number of phenolic OH excluding ortho intramolecular Hbond substituents is 2. The molecular formula is C28H32O16. The van der Waals surface area contributed by atoms with Gasteiger partial charge in [-0.05, 0) is 24.3 Å². The lowest BCUT2D eigenvalue weighted by Crippen LogP contribution is -2.65. The van der Waals surface area contributed by atoms with Crippen molar-refractivity contribution in [3.63, 3.8) is 0 Å². The Morgan fingerprint density at radius 3 is 2.00 bits per heavy atom. The Bertz CT molecular complexity index is 1510. The zero-order valence-electron chi connectivity index (χ0n) is 23.0. The number of methoxy groups -OCH3 is 1. The second kappa shape index (κ2) is 12.8. The molecule has 5 rings (SSSR count). The second-order valence-corrected chi connectivity index (χ2v) is 10.3. The molecule has 2 fully saturated rings. The molecular weight excluding hydrogens is 592 g/mol. The van der Waals surface area contributed by atoms with Crippen molar-refractivity contribution >= 4 is 11.0 Å². The van der Waals surface area contributed by atoms with Gasteiger partial charge in [-0.15, -0.1) is 0 Å². The van der Waals surface area contributed by atoms with Crippen molar-refractivity contribution in [3.05, 3.63) is 46.6 Å². The Kier molecular flexibility index (Phi) is 9.28. The van der Waals surface area contributed by atoms with Crippen LogP contribution in [0.4, 0.5) is 0 Å². The maximum Gasteiger partial charge on any atom is 0.229 e. The van der Waals surface area contributed by atoms with Crippen molar-refractivity contribution in [2.45, 2.75) is 61.4 Å². The van der Waals surface area contributed by atoms with Crippen molar-refractivity contribution in [1.29, 1.82) is 0 Å². The summed E-state index contributed by atoms with van der Waals surface area (Å²) < 4.78 is 33.2. The molecule has 0 unspecified atom stereocenters. The number of hydrogen-bond acceptors (Lipinski definition) is 16. The van der Waals surface area contributed by atoms with E-state index in [9.17, 15) is 50.8 Å². The van der Waals surface area contributed by atoms with Gasteiger partial charge in [0.25, 0.3) is 0 Å². The van der Waals surface area contributed by atoms with Gasteiger partial charge >= 0.3 is 0 Å². The van der Waals surface area contributed by atoms with E-state index in [4.69, 9.17) is 28.1 Å². The third kappa shape index (κ3) is 5.80. The SMILES string of the molecule is COc1ccc(-c2cc(=O)c3c(O)c(O)c(O[C@@H]4O[C@H](CO)[C@@H](O)[C@H](O)[C@H]4O[C@H]4O[C@H](CO)[C@@H](O)[C@H](O)[C@@H]4O)cc3o2)cc1. The Labute approximate surface area is 248 Å². The van der Waals surface area contributed by atoms with E-state index in [1.165, 1.54) is 7.11 Å².